The third-order valence-corrected chi connectivity index (χ3v) is 2.86. The molecule has 1 aliphatic carbocycles. The van der Waals surface area contributed by atoms with Gasteiger partial charge in [-0.15, -0.1) is 0 Å². The summed E-state index contributed by atoms with van der Waals surface area (Å²) in [6, 6.07) is 0.258. The molecule has 0 atom stereocenters. The normalized spacial score (nSPS) is 38.1. The second-order valence-corrected chi connectivity index (χ2v) is 4.37. The SMILES string of the molecule is CC(C)NC(=O)C12CC(CN1)C2. The van der Waals surface area contributed by atoms with Crippen molar-refractivity contribution in [2.45, 2.75) is 38.3 Å². The molecule has 68 valence electrons. The van der Waals surface area contributed by atoms with E-state index < -0.39 is 0 Å². The highest BCUT2D eigenvalue weighted by atomic mass is 16.2. The standard InChI is InChI=1S/C9H16N2O/c1-6(2)11-8(12)9-3-7(4-9)5-10-9/h6-7,10H,3-5H2,1-2H3,(H,11,12). The molecule has 2 N–H and O–H groups in total. The number of fused-ring (bicyclic) bond motifs is 1. The largest absolute Gasteiger partial charge is 0.352 e. The van der Waals surface area contributed by atoms with Crippen LogP contribution < -0.4 is 10.6 Å². The van der Waals surface area contributed by atoms with Gasteiger partial charge in [-0.3, -0.25) is 4.79 Å². The lowest BCUT2D eigenvalue weighted by Gasteiger charge is -2.36. The minimum Gasteiger partial charge on any atom is -0.352 e. The summed E-state index contributed by atoms with van der Waals surface area (Å²) in [5.41, 5.74) is -0.172. The van der Waals surface area contributed by atoms with Crippen LogP contribution >= 0.6 is 0 Å². The summed E-state index contributed by atoms with van der Waals surface area (Å²) in [6.45, 7) is 5.03. The van der Waals surface area contributed by atoms with Crippen LogP contribution in [0, 0.1) is 5.92 Å². The van der Waals surface area contributed by atoms with E-state index in [1.807, 2.05) is 13.8 Å². The predicted molar refractivity (Wildman–Crippen MR) is 46.7 cm³/mol. The minimum atomic E-state index is -0.172. The van der Waals surface area contributed by atoms with E-state index in [4.69, 9.17) is 0 Å². The summed E-state index contributed by atoms with van der Waals surface area (Å²) in [5, 5.41) is 6.26. The molecule has 2 aliphatic heterocycles. The van der Waals surface area contributed by atoms with Gasteiger partial charge >= 0.3 is 0 Å². The van der Waals surface area contributed by atoms with Crippen LogP contribution in [0.5, 0.6) is 0 Å². The lowest BCUT2D eigenvalue weighted by molar-refractivity contribution is -0.130. The zero-order valence-corrected chi connectivity index (χ0v) is 7.68. The van der Waals surface area contributed by atoms with E-state index in [1.54, 1.807) is 0 Å². The lowest BCUT2D eigenvalue weighted by Crippen LogP contribution is -2.57. The number of carbonyl (C=O) groups is 1. The molecule has 2 heterocycles. The van der Waals surface area contributed by atoms with E-state index in [1.165, 1.54) is 0 Å². The highest BCUT2D eigenvalue weighted by Crippen LogP contribution is 2.43. The maximum atomic E-state index is 11.6. The topological polar surface area (TPSA) is 41.1 Å². The van der Waals surface area contributed by atoms with Crippen molar-refractivity contribution in [1.29, 1.82) is 0 Å². The number of hydrogen-bond acceptors (Lipinski definition) is 2. The fraction of sp³-hybridized carbons (Fsp3) is 0.889. The first-order chi connectivity index (χ1) is 5.62. The van der Waals surface area contributed by atoms with Crippen LogP contribution in [0.2, 0.25) is 0 Å². The number of hydrogen-bond donors (Lipinski definition) is 2. The van der Waals surface area contributed by atoms with Crippen molar-refractivity contribution in [2.75, 3.05) is 6.54 Å². The Balaban J connectivity index is 1.96. The van der Waals surface area contributed by atoms with Crippen molar-refractivity contribution in [3.63, 3.8) is 0 Å². The fourth-order valence-electron chi connectivity index (χ4n) is 2.22. The van der Waals surface area contributed by atoms with Gasteiger partial charge in [-0.2, -0.15) is 0 Å². The van der Waals surface area contributed by atoms with E-state index in [-0.39, 0.29) is 17.5 Å². The Morgan fingerprint density at radius 1 is 1.58 bits per heavy atom. The minimum absolute atomic E-state index is 0.172. The molecule has 12 heavy (non-hydrogen) atoms. The molecule has 0 unspecified atom stereocenters. The maximum Gasteiger partial charge on any atom is 0.240 e. The molecule has 0 aromatic rings. The fourth-order valence-corrected chi connectivity index (χ4v) is 2.22. The van der Waals surface area contributed by atoms with Crippen LogP contribution in [-0.2, 0) is 4.79 Å². The Labute approximate surface area is 72.9 Å². The van der Waals surface area contributed by atoms with Gasteiger partial charge in [0.05, 0.1) is 5.54 Å². The van der Waals surface area contributed by atoms with Gasteiger partial charge in [0.1, 0.15) is 0 Å². The maximum absolute atomic E-state index is 11.6. The summed E-state index contributed by atoms with van der Waals surface area (Å²) < 4.78 is 0. The van der Waals surface area contributed by atoms with Gasteiger partial charge in [-0.1, -0.05) is 0 Å². The molecule has 0 aromatic carbocycles. The predicted octanol–water partition coefficient (Wildman–Crippen LogP) is 0.263. The number of amides is 1. The van der Waals surface area contributed by atoms with Crippen LogP contribution in [0.1, 0.15) is 26.7 Å². The molecule has 0 aromatic heterocycles. The molecule has 3 aliphatic rings. The van der Waals surface area contributed by atoms with Crippen LogP contribution in [0.15, 0.2) is 0 Å². The third-order valence-electron chi connectivity index (χ3n) is 2.86. The second-order valence-electron chi connectivity index (χ2n) is 4.37. The Morgan fingerprint density at radius 3 is 2.67 bits per heavy atom. The molecule has 1 amide bonds. The average Bonchev–Trinajstić information content (AvgIpc) is 2.38. The molecule has 0 radical (unpaired) electrons. The Bertz CT molecular complexity index is 201. The van der Waals surface area contributed by atoms with Crippen LogP contribution in [0.25, 0.3) is 0 Å². The number of nitrogens with one attached hydrogen (secondary N) is 2. The van der Waals surface area contributed by atoms with Gasteiger partial charge in [0, 0.05) is 6.04 Å². The molecule has 2 bridgehead atoms. The van der Waals surface area contributed by atoms with Crippen molar-refractivity contribution in [2.24, 2.45) is 5.92 Å². The molecule has 3 nitrogen and oxygen atoms in total. The molecule has 3 heteroatoms. The Morgan fingerprint density at radius 2 is 2.25 bits per heavy atom. The average molecular weight is 168 g/mol. The highest BCUT2D eigenvalue weighted by Gasteiger charge is 2.55. The monoisotopic (exact) mass is 168 g/mol. The lowest BCUT2D eigenvalue weighted by atomic mass is 9.73. The molecule has 3 fully saturated rings. The van der Waals surface area contributed by atoms with E-state index >= 15 is 0 Å². The van der Waals surface area contributed by atoms with Crippen molar-refractivity contribution in [3.8, 4) is 0 Å². The molecular weight excluding hydrogens is 152 g/mol. The summed E-state index contributed by atoms with van der Waals surface area (Å²) in [6.07, 6.45) is 2.09. The summed E-state index contributed by atoms with van der Waals surface area (Å²) in [7, 11) is 0. The van der Waals surface area contributed by atoms with E-state index in [0.29, 0.717) is 0 Å². The quantitative estimate of drug-likeness (QED) is 0.621. The molecule has 0 spiro atoms. The van der Waals surface area contributed by atoms with Gasteiger partial charge in [0.2, 0.25) is 5.91 Å². The van der Waals surface area contributed by atoms with Crippen LogP contribution in [0.4, 0.5) is 0 Å². The smallest absolute Gasteiger partial charge is 0.240 e. The zero-order chi connectivity index (χ0) is 8.77. The summed E-state index contributed by atoms with van der Waals surface area (Å²) >= 11 is 0. The van der Waals surface area contributed by atoms with E-state index in [0.717, 1.165) is 25.3 Å². The van der Waals surface area contributed by atoms with Gasteiger partial charge in [-0.25, -0.2) is 0 Å². The van der Waals surface area contributed by atoms with Crippen molar-refractivity contribution in [3.05, 3.63) is 0 Å². The van der Waals surface area contributed by atoms with Crippen molar-refractivity contribution in [1.82, 2.24) is 10.6 Å². The second kappa shape index (κ2) is 2.46. The summed E-state index contributed by atoms with van der Waals surface area (Å²) in [5.74, 6) is 0.967. The first-order valence-corrected chi connectivity index (χ1v) is 4.68. The van der Waals surface area contributed by atoms with E-state index in [2.05, 4.69) is 10.6 Å². The third kappa shape index (κ3) is 1.04. The van der Waals surface area contributed by atoms with Crippen LogP contribution in [-0.4, -0.2) is 24.0 Å². The van der Waals surface area contributed by atoms with E-state index in [9.17, 15) is 4.79 Å². The first-order valence-electron chi connectivity index (χ1n) is 4.68. The first kappa shape index (κ1) is 8.05. The number of carbonyl (C=O) groups excluding carboxylic acids is 1. The number of rotatable bonds is 2. The molecule has 3 rings (SSSR count). The van der Waals surface area contributed by atoms with Crippen molar-refractivity contribution < 1.29 is 4.79 Å². The highest BCUT2D eigenvalue weighted by molar-refractivity contribution is 5.88. The van der Waals surface area contributed by atoms with Gasteiger partial charge < -0.3 is 10.6 Å². The molecule has 1 saturated carbocycles. The van der Waals surface area contributed by atoms with Crippen molar-refractivity contribution >= 4 is 5.91 Å². The van der Waals surface area contributed by atoms with Crippen LogP contribution in [0.3, 0.4) is 0 Å². The van der Waals surface area contributed by atoms with Gasteiger partial charge in [-0.05, 0) is 39.2 Å². The zero-order valence-electron chi connectivity index (χ0n) is 7.68. The molecule has 2 saturated heterocycles. The Hall–Kier alpha value is -0.570. The Kier molecular flexibility index (Phi) is 1.65. The van der Waals surface area contributed by atoms with Gasteiger partial charge in [0.25, 0.3) is 0 Å². The molecular formula is C9H16N2O. The summed E-state index contributed by atoms with van der Waals surface area (Å²) in [4.78, 5) is 11.6. The van der Waals surface area contributed by atoms with Gasteiger partial charge in [0.15, 0.2) is 0 Å².